The Morgan fingerprint density at radius 3 is 3.00 bits per heavy atom. The summed E-state index contributed by atoms with van der Waals surface area (Å²) in [7, 11) is 0. The number of ketones is 1. The fourth-order valence-corrected chi connectivity index (χ4v) is 2.77. The fourth-order valence-electron chi connectivity index (χ4n) is 2.77. The van der Waals surface area contributed by atoms with E-state index in [-0.39, 0.29) is 12.6 Å². The number of allylic oxidation sites excluding steroid dienone is 1. The van der Waals surface area contributed by atoms with E-state index in [4.69, 9.17) is 9.47 Å². The summed E-state index contributed by atoms with van der Waals surface area (Å²) in [6.45, 7) is 0.230. The number of rotatable bonds is 1. The van der Waals surface area contributed by atoms with Gasteiger partial charge in [0.2, 0.25) is 12.6 Å². The second-order valence-corrected chi connectivity index (χ2v) is 5.09. The Morgan fingerprint density at radius 1 is 1.10 bits per heavy atom. The van der Waals surface area contributed by atoms with Gasteiger partial charge in [-0.15, -0.1) is 0 Å². The van der Waals surface area contributed by atoms with Crippen LogP contribution in [0.1, 0.15) is 28.0 Å². The van der Waals surface area contributed by atoms with Gasteiger partial charge in [0.15, 0.2) is 11.5 Å². The van der Waals surface area contributed by atoms with Crippen molar-refractivity contribution in [3.05, 3.63) is 58.9 Å². The highest BCUT2D eigenvalue weighted by Gasteiger charge is 2.24. The number of pyridine rings is 1. The van der Waals surface area contributed by atoms with E-state index in [1.54, 1.807) is 6.20 Å². The van der Waals surface area contributed by atoms with E-state index >= 15 is 0 Å². The van der Waals surface area contributed by atoms with Crippen molar-refractivity contribution in [2.75, 3.05) is 6.79 Å². The van der Waals surface area contributed by atoms with Crippen LogP contribution in [0.2, 0.25) is 0 Å². The highest BCUT2D eigenvalue weighted by molar-refractivity contribution is 6.12. The van der Waals surface area contributed by atoms with E-state index in [1.165, 1.54) is 0 Å². The maximum absolute atomic E-state index is 12.5. The van der Waals surface area contributed by atoms with E-state index < -0.39 is 0 Å². The van der Waals surface area contributed by atoms with Crippen molar-refractivity contribution >= 4 is 11.9 Å². The number of para-hydroxylation sites is 1. The van der Waals surface area contributed by atoms with Crippen molar-refractivity contribution in [1.29, 1.82) is 0 Å². The summed E-state index contributed by atoms with van der Waals surface area (Å²) in [5.74, 6) is 1.45. The third-order valence-corrected chi connectivity index (χ3v) is 3.82. The molecule has 2 aromatic rings. The fraction of sp³-hybridized carbons (Fsp3) is 0.176. The molecule has 0 saturated carbocycles. The summed E-state index contributed by atoms with van der Waals surface area (Å²) in [5.41, 5.74) is 3.25. The molecule has 1 aromatic carbocycles. The summed E-state index contributed by atoms with van der Waals surface area (Å²) >= 11 is 0. The Balaban J connectivity index is 1.75. The molecule has 21 heavy (non-hydrogen) atoms. The SMILES string of the molecule is O=C1C(=Cc2cccc3c2OCO3)CCc2cccnc21. The average molecular weight is 279 g/mol. The lowest BCUT2D eigenvalue weighted by molar-refractivity contribution is 0.102. The zero-order valence-corrected chi connectivity index (χ0v) is 11.3. The summed E-state index contributed by atoms with van der Waals surface area (Å²) in [5, 5.41) is 0. The smallest absolute Gasteiger partial charge is 0.231 e. The zero-order chi connectivity index (χ0) is 14.2. The Labute approximate surface area is 122 Å². The summed E-state index contributed by atoms with van der Waals surface area (Å²) in [4.78, 5) is 16.7. The lowest BCUT2D eigenvalue weighted by atomic mass is 9.89. The second-order valence-electron chi connectivity index (χ2n) is 5.09. The van der Waals surface area contributed by atoms with Gasteiger partial charge in [0, 0.05) is 17.3 Å². The van der Waals surface area contributed by atoms with Gasteiger partial charge in [-0.1, -0.05) is 18.2 Å². The number of benzene rings is 1. The van der Waals surface area contributed by atoms with Gasteiger partial charge >= 0.3 is 0 Å². The maximum atomic E-state index is 12.5. The van der Waals surface area contributed by atoms with Gasteiger partial charge < -0.3 is 9.47 Å². The maximum Gasteiger partial charge on any atom is 0.231 e. The molecule has 4 heteroatoms. The van der Waals surface area contributed by atoms with E-state index in [2.05, 4.69) is 4.98 Å². The molecule has 0 bridgehead atoms. The van der Waals surface area contributed by atoms with E-state index in [0.29, 0.717) is 11.4 Å². The largest absolute Gasteiger partial charge is 0.454 e. The molecule has 2 heterocycles. The van der Waals surface area contributed by atoms with E-state index in [9.17, 15) is 4.79 Å². The first-order valence-corrected chi connectivity index (χ1v) is 6.91. The number of hydrogen-bond donors (Lipinski definition) is 0. The van der Waals surface area contributed by atoms with Crippen LogP contribution in [-0.4, -0.2) is 17.6 Å². The highest BCUT2D eigenvalue weighted by Crippen LogP contribution is 2.37. The standard InChI is InChI=1S/C17H13NO3/c19-16-12(7-6-11-4-2-8-18-15(11)16)9-13-3-1-5-14-17(13)21-10-20-14/h1-5,8-9H,6-7,10H2. The number of nitrogens with zero attached hydrogens (tertiary/aromatic N) is 1. The highest BCUT2D eigenvalue weighted by atomic mass is 16.7. The normalized spacial score (nSPS) is 17.9. The molecule has 0 atom stereocenters. The minimum absolute atomic E-state index is 0.00775. The quantitative estimate of drug-likeness (QED) is 0.753. The first kappa shape index (κ1) is 12.1. The Bertz CT molecular complexity index is 764. The number of carbonyl (C=O) groups excluding carboxylic acids is 1. The topological polar surface area (TPSA) is 48.4 Å². The van der Waals surface area contributed by atoms with Crippen LogP contribution in [0.3, 0.4) is 0 Å². The molecular weight excluding hydrogens is 266 g/mol. The number of aryl methyl sites for hydroxylation is 1. The molecule has 0 saturated heterocycles. The molecule has 0 spiro atoms. The van der Waals surface area contributed by atoms with Crippen LogP contribution in [0.5, 0.6) is 11.5 Å². The van der Waals surface area contributed by atoms with Gasteiger partial charge in [0.05, 0.1) is 0 Å². The molecule has 1 aromatic heterocycles. The van der Waals surface area contributed by atoms with Crippen LogP contribution in [0.4, 0.5) is 0 Å². The van der Waals surface area contributed by atoms with Gasteiger partial charge in [0.1, 0.15) is 5.69 Å². The average Bonchev–Trinajstić information content (AvgIpc) is 3.00. The first-order chi connectivity index (χ1) is 10.3. The first-order valence-electron chi connectivity index (χ1n) is 6.91. The molecule has 104 valence electrons. The van der Waals surface area contributed by atoms with E-state index in [0.717, 1.165) is 35.3 Å². The van der Waals surface area contributed by atoms with Crippen LogP contribution in [0, 0.1) is 0 Å². The predicted octanol–water partition coefficient (Wildman–Crippen LogP) is 3.02. The zero-order valence-electron chi connectivity index (χ0n) is 11.3. The van der Waals surface area contributed by atoms with Crippen molar-refractivity contribution in [2.45, 2.75) is 12.8 Å². The van der Waals surface area contributed by atoms with Gasteiger partial charge in [-0.25, -0.2) is 0 Å². The van der Waals surface area contributed by atoms with Gasteiger partial charge in [0.25, 0.3) is 0 Å². The van der Waals surface area contributed by atoms with Crippen LogP contribution >= 0.6 is 0 Å². The lowest BCUT2D eigenvalue weighted by Crippen LogP contribution is -2.15. The predicted molar refractivity (Wildman–Crippen MR) is 77.4 cm³/mol. The third kappa shape index (κ3) is 2.00. The Hall–Kier alpha value is -2.62. The molecule has 0 N–H and O–H groups in total. The van der Waals surface area contributed by atoms with Crippen molar-refractivity contribution in [2.24, 2.45) is 0 Å². The van der Waals surface area contributed by atoms with Crippen LogP contribution in [0.25, 0.3) is 6.08 Å². The molecule has 2 aliphatic rings. The molecule has 0 fully saturated rings. The number of Topliss-reactive ketones (excluding diaryl/α,β-unsaturated/α-hetero) is 1. The van der Waals surface area contributed by atoms with Crippen molar-refractivity contribution in [1.82, 2.24) is 4.98 Å². The third-order valence-electron chi connectivity index (χ3n) is 3.82. The molecule has 0 amide bonds. The molecular formula is C17H13NO3. The van der Waals surface area contributed by atoms with Crippen LogP contribution in [0.15, 0.2) is 42.1 Å². The molecule has 4 nitrogen and oxygen atoms in total. The van der Waals surface area contributed by atoms with Crippen LogP contribution < -0.4 is 9.47 Å². The van der Waals surface area contributed by atoms with Gasteiger partial charge in [-0.05, 0) is 36.6 Å². The van der Waals surface area contributed by atoms with E-state index in [1.807, 2.05) is 36.4 Å². The molecule has 4 rings (SSSR count). The number of aromatic nitrogens is 1. The molecule has 1 aliphatic heterocycles. The summed E-state index contributed by atoms with van der Waals surface area (Å²) < 4.78 is 10.8. The monoisotopic (exact) mass is 279 g/mol. The summed E-state index contributed by atoms with van der Waals surface area (Å²) in [6.07, 6.45) is 5.12. The Kier molecular flexibility index (Phi) is 2.74. The minimum Gasteiger partial charge on any atom is -0.454 e. The number of ether oxygens (including phenoxy) is 2. The lowest BCUT2D eigenvalue weighted by Gasteiger charge is -2.16. The number of hydrogen-bond acceptors (Lipinski definition) is 4. The van der Waals surface area contributed by atoms with Gasteiger partial charge in [-0.2, -0.15) is 0 Å². The Morgan fingerprint density at radius 2 is 2.05 bits per heavy atom. The second kappa shape index (κ2) is 4.74. The molecule has 0 radical (unpaired) electrons. The number of fused-ring (bicyclic) bond motifs is 2. The molecule has 0 unspecified atom stereocenters. The minimum atomic E-state index is 0.00775. The number of carbonyl (C=O) groups is 1. The van der Waals surface area contributed by atoms with Crippen LogP contribution in [-0.2, 0) is 6.42 Å². The van der Waals surface area contributed by atoms with Crippen molar-refractivity contribution in [3.8, 4) is 11.5 Å². The molecule has 1 aliphatic carbocycles. The van der Waals surface area contributed by atoms with Gasteiger partial charge in [-0.3, -0.25) is 9.78 Å². The van der Waals surface area contributed by atoms with Crippen molar-refractivity contribution in [3.63, 3.8) is 0 Å². The summed E-state index contributed by atoms with van der Waals surface area (Å²) in [6, 6.07) is 9.54. The van der Waals surface area contributed by atoms with Crippen molar-refractivity contribution < 1.29 is 14.3 Å².